The minimum atomic E-state index is -3.83. The molecule has 0 spiro atoms. The Labute approximate surface area is 244 Å². The average molecular weight is 637 g/mol. The van der Waals surface area contributed by atoms with Crippen LogP contribution in [-0.2, 0) is 27.3 Å². The van der Waals surface area contributed by atoms with Crippen LogP contribution in [0, 0.1) is 36.5 Å². The molecule has 1 fully saturated rings. The third-order valence-electron chi connectivity index (χ3n) is 7.05. The van der Waals surface area contributed by atoms with Crippen molar-refractivity contribution in [3.8, 4) is 0 Å². The standard InChI is InChI=1S/C21H21N2O2S.C10H15.ClH.Ru/c1-16-12-14-19(15-13-16)26(24,25)23-21(18-10-6-3-7-11-18)20(22)17-8-4-2-5-9-17;1-6-7(2)9(4)10(5)8(6)3;;/h2-15,20-21H,22H2,1H3;1-5H3;1H;/q-1;;;+3/p-1/t20-,21-;;;/m0.../s1. The van der Waals surface area contributed by atoms with E-state index >= 15 is 0 Å². The second kappa shape index (κ2) is 15.3. The Morgan fingerprint density at radius 1 is 0.632 bits per heavy atom. The zero-order valence-electron chi connectivity index (χ0n) is 22.7. The Morgan fingerprint density at radius 3 is 1.39 bits per heavy atom. The molecule has 0 amide bonds. The summed E-state index contributed by atoms with van der Waals surface area (Å²) >= 11 is 1.82. The molecule has 0 aromatic heterocycles. The predicted molar refractivity (Wildman–Crippen MR) is 155 cm³/mol. The molecule has 3 aromatic rings. The monoisotopic (exact) mass is 637 g/mol. The molecule has 0 unspecified atom stereocenters. The Balaban J connectivity index is 0.000000353. The Hall–Kier alpha value is -1.56. The van der Waals surface area contributed by atoms with Gasteiger partial charge in [-0.15, -0.1) is 0 Å². The van der Waals surface area contributed by atoms with Gasteiger partial charge in [-0.3, -0.25) is 0 Å². The van der Waals surface area contributed by atoms with Crippen molar-refractivity contribution in [3.05, 3.63) is 136 Å². The van der Waals surface area contributed by atoms with E-state index in [1.165, 1.54) is 29.6 Å². The first kappa shape index (κ1) is 32.7. The molecule has 5 radical (unpaired) electrons. The van der Waals surface area contributed by atoms with Crippen LogP contribution in [-0.4, -0.2) is 8.42 Å². The van der Waals surface area contributed by atoms with Gasteiger partial charge in [-0.2, -0.15) is 0 Å². The van der Waals surface area contributed by atoms with Gasteiger partial charge in [0.05, 0.1) is 0 Å². The number of benzene rings is 3. The fourth-order valence-corrected chi connectivity index (χ4v) is 5.32. The van der Waals surface area contributed by atoms with Gasteiger partial charge >= 0.3 is 27.0 Å². The van der Waals surface area contributed by atoms with Gasteiger partial charge in [0.15, 0.2) is 0 Å². The van der Waals surface area contributed by atoms with E-state index in [2.05, 4.69) is 49.0 Å². The molecule has 202 valence electrons. The van der Waals surface area contributed by atoms with Crippen molar-refractivity contribution in [1.82, 2.24) is 0 Å². The molecule has 7 heteroatoms. The molecule has 1 aliphatic carbocycles. The molecule has 2 N–H and O–H groups in total. The van der Waals surface area contributed by atoms with E-state index in [1.807, 2.05) is 84.9 Å². The zero-order chi connectivity index (χ0) is 28.5. The van der Waals surface area contributed by atoms with Crippen molar-refractivity contribution < 1.29 is 25.7 Å². The summed E-state index contributed by atoms with van der Waals surface area (Å²) in [5.41, 5.74) is 9.01. The van der Waals surface area contributed by atoms with Crippen LogP contribution in [0.15, 0.2) is 89.8 Å². The summed E-state index contributed by atoms with van der Waals surface area (Å²) in [7, 11) is 0.736. The Morgan fingerprint density at radius 2 is 1.00 bits per heavy atom. The summed E-state index contributed by atoms with van der Waals surface area (Å²) in [5.74, 6) is 7.34. The van der Waals surface area contributed by atoms with Gasteiger partial charge in [-0.05, 0) is 54.2 Å². The number of nitrogens with two attached hydrogens (primary N) is 1. The van der Waals surface area contributed by atoms with E-state index in [9.17, 15) is 8.42 Å². The first-order valence-corrected chi connectivity index (χ1v) is 15.9. The van der Waals surface area contributed by atoms with Crippen molar-refractivity contribution >= 4 is 19.7 Å². The number of rotatable bonds is 6. The molecule has 0 bridgehead atoms. The van der Waals surface area contributed by atoms with Crippen LogP contribution < -0.4 is 5.73 Å². The molecular formula is C31H36ClN2O2RuS+. The summed E-state index contributed by atoms with van der Waals surface area (Å²) in [4.78, 5) is 0.171. The van der Waals surface area contributed by atoms with E-state index in [4.69, 9.17) is 5.73 Å². The van der Waals surface area contributed by atoms with Gasteiger partial charge in [0.2, 0.25) is 0 Å². The van der Waals surface area contributed by atoms with Crippen LogP contribution in [0.25, 0.3) is 4.72 Å². The molecule has 1 aliphatic rings. The van der Waals surface area contributed by atoms with Gasteiger partial charge in [0.25, 0.3) is 0 Å². The SMILES string of the molecule is C[C]1[C](C)[C](C)[C](C)[C]1C.Cc1ccc(S(=O)(=O)[N-][C@@H](c2ccccc2)[C@@H](N)c2ccccc2)cc1.[Cl][Ru+2]. The van der Waals surface area contributed by atoms with Crippen LogP contribution in [0.5, 0.6) is 0 Å². The van der Waals surface area contributed by atoms with Crippen LogP contribution in [0.2, 0.25) is 0 Å². The zero-order valence-corrected chi connectivity index (χ0v) is 26.0. The topological polar surface area (TPSA) is 74.3 Å². The van der Waals surface area contributed by atoms with Gasteiger partial charge in [-0.1, -0.05) is 125 Å². The molecule has 3 aromatic carbocycles. The number of hydrogen-bond acceptors (Lipinski definition) is 3. The van der Waals surface area contributed by atoms with Crippen LogP contribution >= 0.6 is 9.69 Å². The van der Waals surface area contributed by atoms with Gasteiger partial charge in [0.1, 0.15) is 10.0 Å². The van der Waals surface area contributed by atoms with E-state index in [-0.39, 0.29) is 4.90 Å². The van der Waals surface area contributed by atoms with Crippen LogP contribution in [0.3, 0.4) is 0 Å². The molecular weight excluding hydrogens is 601 g/mol. The molecule has 38 heavy (non-hydrogen) atoms. The fraction of sp³-hybridized carbons (Fsp3) is 0.258. The average Bonchev–Trinajstić information content (AvgIpc) is 3.11. The number of sulfonamides is 1. The van der Waals surface area contributed by atoms with Gasteiger partial charge in [0, 0.05) is 10.9 Å². The summed E-state index contributed by atoms with van der Waals surface area (Å²) in [6, 6.07) is 24.1. The number of nitrogens with zero attached hydrogens (tertiary/aromatic N) is 1. The fourth-order valence-electron chi connectivity index (χ4n) is 4.17. The predicted octanol–water partition coefficient (Wildman–Crippen LogP) is 8.16. The first-order valence-electron chi connectivity index (χ1n) is 12.2. The quantitative estimate of drug-likeness (QED) is 0.278. The molecule has 4 nitrogen and oxygen atoms in total. The first-order chi connectivity index (χ1) is 18.0. The third-order valence-corrected chi connectivity index (χ3v) is 8.42. The molecule has 2 atom stereocenters. The summed E-state index contributed by atoms with van der Waals surface area (Å²) in [6.45, 7) is 12.9. The van der Waals surface area contributed by atoms with Crippen molar-refractivity contribution in [2.24, 2.45) is 5.73 Å². The molecule has 0 aliphatic heterocycles. The number of hydrogen-bond donors (Lipinski definition) is 1. The van der Waals surface area contributed by atoms with Crippen molar-refractivity contribution in [1.29, 1.82) is 0 Å². The second-order valence-electron chi connectivity index (χ2n) is 9.31. The second-order valence-corrected chi connectivity index (χ2v) is 10.9. The maximum absolute atomic E-state index is 12.8. The van der Waals surface area contributed by atoms with E-state index in [1.54, 1.807) is 24.3 Å². The van der Waals surface area contributed by atoms with Crippen molar-refractivity contribution in [3.63, 3.8) is 0 Å². The molecule has 1 saturated carbocycles. The van der Waals surface area contributed by atoms with Crippen molar-refractivity contribution in [2.75, 3.05) is 0 Å². The van der Waals surface area contributed by atoms with Crippen molar-refractivity contribution in [2.45, 2.75) is 58.5 Å². The molecule has 0 heterocycles. The molecule has 4 rings (SSSR count). The number of halogens is 1. The van der Waals surface area contributed by atoms with Crippen LogP contribution in [0.1, 0.15) is 63.4 Å². The number of aryl methyl sites for hydroxylation is 1. The van der Waals surface area contributed by atoms with Crippen LogP contribution in [0.4, 0.5) is 0 Å². The normalized spacial score (nSPS) is 17.2. The summed E-state index contributed by atoms with van der Waals surface area (Å²) in [6.07, 6.45) is 0. The Kier molecular flexibility index (Phi) is 13.1. The maximum atomic E-state index is 12.8. The Bertz CT molecular complexity index is 1150. The van der Waals surface area contributed by atoms with E-state index < -0.39 is 22.1 Å². The van der Waals surface area contributed by atoms with Gasteiger partial charge < -0.3 is 10.5 Å². The molecule has 0 saturated heterocycles. The minimum absolute atomic E-state index is 0.171. The third kappa shape index (κ3) is 8.47. The summed E-state index contributed by atoms with van der Waals surface area (Å²) < 4.78 is 29.9. The van der Waals surface area contributed by atoms with Gasteiger partial charge in [-0.25, -0.2) is 8.42 Å². The van der Waals surface area contributed by atoms with E-state index in [0.717, 1.165) is 16.7 Å². The summed E-state index contributed by atoms with van der Waals surface area (Å²) in [5, 5.41) is 0. The van der Waals surface area contributed by atoms with E-state index in [0.29, 0.717) is 0 Å².